The number of amides is 1. The fourth-order valence-corrected chi connectivity index (χ4v) is 4.02. The number of ether oxygens (including phenoxy) is 1. The summed E-state index contributed by atoms with van der Waals surface area (Å²) in [7, 11) is 1.36. The number of rotatable bonds is 3. The van der Waals surface area contributed by atoms with Gasteiger partial charge in [-0.25, -0.2) is 13.2 Å². The standard InChI is InChI=1S/C15H14F5NO3S/c1-23-25-15(22)21-6-2-3-7(21)5-8(4-6)24-14-12(19)10(17)9(16)11(18)13(14)20/h6-8H,2-5H2,1H3. The van der Waals surface area contributed by atoms with Gasteiger partial charge < -0.3 is 13.8 Å². The lowest BCUT2D eigenvalue weighted by molar-refractivity contribution is 0.0693. The number of hydrogen-bond donors (Lipinski definition) is 0. The van der Waals surface area contributed by atoms with Gasteiger partial charge in [0, 0.05) is 24.9 Å². The van der Waals surface area contributed by atoms with E-state index in [1.165, 1.54) is 7.11 Å². The van der Waals surface area contributed by atoms with Gasteiger partial charge in [-0.2, -0.15) is 8.78 Å². The van der Waals surface area contributed by atoms with Crippen molar-refractivity contribution in [2.24, 2.45) is 0 Å². The molecule has 2 heterocycles. The molecule has 25 heavy (non-hydrogen) atoms. The molecular formula is C15H14F5NO3S. The monoisotopic (exact) mass is 383 g/mol. The van der Waals surface area contributed by atoms with Crippen LogP contribution in [0.25, 0.3) is 0 Å². The zero-order valence-electron chi connectivity index (χ0n) is 13.0. The highest BCUT2D eigenvalue weighted by atomic mass is 32.2. The lowest BCUT2D eigenvalue weighted by Crippen LogP contribution is -2.48. The van der Waals surface area contributed by atoms with E-state index in [1.807, 2.05) is 0 Å². The number of piperidine rings is 1. The molecular weight excluding hydrogens is 369 g/mol. The third-order valence-electron chi connectivity index (χ3n) is 4.51. The van der Waals surface area contributed by atoms with Gasteiger partial charge in [-0.3, -0.25) is 4.79 Å². The van der Waals surface area contributed by atoms with E-state index < -0.39 is 40.9 Å². The second-order valence-corrected chi connectivity index (χ2v) is 6.77. The highest BCUT2D eigenvalue weighted by molar-refractivity contribution is 8.09. The molecule has 138 valence electrons. The lowest BCUT2D eigenvalue weighted by atomic mass is 10.0. The van der Waals surface area contributed by atoms with Gasteiger partial charge in [-0.15, -0.1) is 0 Å². The van der Waals surface area contributed by atoms with Gasteiger partial charge in [0.05, 0.1) is 19.2 Å². The quantitative estimate of drug-likeness (QED) is 0.340. The van der Waals surface area contributed by atoms with E-state index in [0.717, 1.165) is 0 Å². The van der Waals surface area contributed by atoms with E-state index in [9.17, 15) is 26.7 Å². The van der Waals surface area contributed by atoms with Crippen LogP contribution in [0.3, 0.4) is 0 Å². The molecule has 0 radical (unpaired) electrons. The Hall–Kier alpha value is -1.55. The van der Waals surface area contributed by atoms with Crippen molar-refractivity contribution in [2.75, 3.05) is 7.11 Å². The molecule has 3 rings (SSSR count). The van der Waals surface area contributed by atoms with Crippen LogP contribution < -0.4 is 4.74 Å². The van der Waals surface area contributed by atoms with Crippen LogP contribution in [0.15, 0.2) is 0 Å². The zero-order chi connectivity index (χ0) is 18.3. The topological polar surface area (TPSA) is 38.8 Å². The van der Waals surface area contributed by atoms with E-state index in [1.54, 1.807) is 4.90 Å². The summed E-state index contributed by atoms with van der Waals surface area (Å²) in [5.41, 5.74) is 0. The van der Waals surface area contributed by atoms with Crippen LogP contribution in [0.2, 0.25) is 0 Å². The molecule has 0 aliphatic carbocycles. The van der Waals surface area contributed by atoms with E-state index in [4.69, 9.17) is 8.92 Å². The predicted molar refractivity (Wildman–Crippen MR) is 78.5 cm³/mol. The summed E-state index contributed by atoms with van der Waals surface area (Å²) < 4.78 is 77.0. The molecule has 0 saturated carbocycles. The van der Waals surface area contributed by atoms with Crippen molar-refractivity contribution < 1.29 is 35.7 Å². The first-order chi connectivity index (χ1) is 11.8. The number of carbonyl (C=O) groups excluding carboxylic acids is 1. The Morgan fingerprint density at radius 1 is 0.960 bits per heavy atom. The van der Waals surface area contributed by atoms with Gasteiger partial charge in [0.15, 0.2) is 5.75 Å². The van der Waals surface area contributed by atoms with Crippen LogP contribution >= 0.6 is 12.0 Å². The van der Waals surface area contributed by atoms with Crippen LogP contribution in [0.1, 0.15) is 25.7 Å². The van der Waals surface area contributed by atoms with Crippen molar-refractivity contribution in [3.05, 3.63) is 29.1 Å². The van der Waals surface area contributed by atoms with Gasteiger partial charge in [-0.1, -0.05) is 0 Å². The first-order valence-electron chi connectivity index (χ1n) is 7.56. The first kappa shape index (κ1) is 18.2. The Labute approximate surface area is 144 Å². The van der Waals surface area contributed by atoms with E-state index >= 15 is 0 Å². The number of benzene rings is 1. The molecule has 1 aromatic carbocycles. The number of carbonyl (C=O) groups is 1. The molecule has 0 N–H and O–H groups in total. The first-order valence-corrected chi connectivity index (χ1v) is 8.30. The molecule has 1 aromatic rings. The minimum atomic E-state index is -2.22. The van der Waals surface area contributed by atoms with Gasteiger partial charge in [0.25, 0.3) is 0 Å². The van der Waals surface area contributed by atoms with Crippen LogP contribution in [0, 0.1) is 29.1 Å². The van der Waals surface area contributed by atoms with Crippen molar-refractivity contribution >= 4 is 17.3 Å². The number of halogens is 5. The molecule has 0 aromatic heterocycles. The summed E-state index contributed by atoms with van der Waals surface area (Å²) >= 11 is 0.686. The number of hydrogen-bond acceptors (Lipinski definition) is 4. The third kappa shape index (κ3) is 3.17. The molecule has 2 aliphatic rings. The van der Waals surface area contributed by atoms with Crippen molar-refractivity contribution in [1.82, 2.24) is 4.90 Å². The average Bonchev–Trinajstić information content (AvgIpc) is 2.86. The maximum Gasteiger partial charge on any atom is 0.309 e. The Kier molecular flexibility index (Phi) is 5.10. The number of nitrogens with zero attached hydrogens (tertiary/aromatic N) is 1. The average molecular weight is 383 g/mol. The maximum atomic E-state index is 13.7. The fraction of sp³-hybridized carbons (Fsp3) is 0.533. The van der Waals surface area contributed by atoms with Crippen LogP contribution in [-0.2, 0) is 4.18 Å². The Morgan fingerprint density at radius 3 is 1.92 bits per heavy atom. The minimum Gasteiger partial charge on any atom is -0.484 e. The molecule has 2 bridgehead atoms. The third-order valence-corrected chi connectivity index (χ3v) is 5.03. The maximum absolute atomic E-state index is 13.7. The zero-order valence-corrected chi connectivity index (χ0v) is 13.8. The molecule has 2 unspecified atom stereocenters. The summed E-state index contributed by atoms with van der Waals surface area (Å²) in [6.07, 6.45) is 1.09. The largest absolute Gasteiger partial charge is 0.484 e. The summed E-state index contributed by atoms with van der Waals surface area (Å²) in [4.78, 5) is 13.7. The van der Waals surface area contributed by atoms with E-state index in [-0.39, 0.29) is 30.2 Å². The van der Waals surface area contributed by atoms with Crippen molar-refractivity contribution in [3.63, 3.8) is 0 Å². The molecule has 1 amide bonds. The molecule has 2 atom stereocenters. The van der Waals surface area contributed by atoms with Crippen molar-refractivity contribution in [1.29, 1.82) is 0 Å². The van der Waals surface area contributed by atoms with Gasteiger partial charge in [-0.05, 0) is 12.8 Å². The summed E-state index contributed by atoms with van der Waals surface area (Å²) in [6, 6.07) is -0.444. The number of fused-ring (bicyclic) bond motifs is 2. The van der Waals surface area contributed by atoms with Crippen LogP contribution in [0.4, 0.5) is 26.7 Å². The normalized spacial score (nSPS) is 25.4. The van der Waals surface area contributed by atoms with Crippen LogP contribution in [-0.4, -0.2) is 35.4 Å². The van der Waals surface area contributed by atoms with Gasteiger partial charge in [0.1, 0.15) is 6.10 Å². The van der Waals surface area contributed by atoms with E-state index in [0.29, 0.717) is 24.9 Å². The Morgan fingerprint density at radius 2 is 1.44 bits per heavy atom. The minimum absolute atomic E-state index is 0.222. The summed E-state index contributed by atoms with van der Waals surface area (Å²) in [6.45, 7) is 0. The van der Waals surface area contributed by atoms with E-state index in [2.05, 4.69) is 0 Å². The molecule has 2 saturated heterocycles. The molecule has 10 heteroatoms. The lowest BCUT2D eigenvalue weighted by Gasteiger charge is -2.38. The fourth-order valence-electron chi connectivity index (χ4n) is 3.49. The molecule has 2 fully saturated rings. The predicted octanol–water partition coefficient (Wildman–Crippen LogP) is 4.17. The van der Waals surface area contributed by atoms with Crippen LogP contribution in [0.5, 0.6) is 5.75 Å². The Balaban J connectivity index is 1.78. The summed E-state index contributed by atoms with van der Waals surface area (Å²) in [5, 5.41) is -0.273. The van der Waals surface area contributed by atoms with Crippen molar-refractivity contribution in [3.8, 4) is 5.75 Å². The van der Waals surface area contributed by atoms with Gasteiger partial charge in [0.2, 0.25) is 29.1 Å². The smallest absolute Gasteiger partial charge is 0.309 e. The second-order valence-electron chi connectivity index (χ2n) is 5.92. The Bertz CT molecular complexity index is 661. The second kappa shape index (κ2) is 6.99. The molecule has 2 aliphatic heterocycles. The summed E-state index contributed by atoms with van der Waals surface area (Å²) in [5.74, 6) is -11.6. The SMILES string of the molecule is COSC(=O)N1C2CCC1CC(Oc1c(F)c(F)c(F)c(F)c1F)C2. The highest BCUT2D eigenvalue weighted by Crippen LogP contribution is 2.40. The molecule has 4 nitrogen and oxygen atoms in total. The van der Waals surface area contributed by atoms with Gasteiger partial charge >= 0.3 is 5.24 Å². The molecule has 0 spiro atoms. The van der Waals surface area contributed by atoms with Crippen molar-refractivity contribution in [2.45, 2.75) is 43.9 Å². The highest BCUT2D eigenvalue weighted by Gasteiger charge is 2.45.